The lowest BCUT2D eigenvalue weighted by Gasteiger charge is -2.20. The van der Waals surface area contributed by atoms with Gasteiger partial charge < -0.3 is 10.2 Å². The topological polar surface area (TPSA) is 49.4 Å². The lowest BCUT2D eigenvalue weighted by Crippen LogP contribution is -2.35. The van der Waals surface area contributed by atoms with E-state index < -0.39 is 9.84 Å². The number of nitrogens with zero attached hydrogens (tertiary/aromatic N) is 1. The van der Waals surface area contributed by atoms with Crippen molar-refractivity contribution in [1.29, 1.82) is 0 Å². The molecule has 1 saturated carbocycles. The average Bonchev–Trinajstić information content (AvgIpc) is 2.97. The largest absolute Gasteiger partial charge is 0.314 e. The fraction of sp³-hybridized carbons (Fsp3) is 1.00. The summed E-state index contributed by atoms with van der Waals surface area (Å²) in [6.45, 7) is 6.96. The van der Waals surface area contributed by atoms with Crippen LogP contribution in [0.5, 0.6) is 0 Å². The molecule has 0 amide bonds. The second-order valence-corrected chi connectivity index (χ2v) is 6.98. The number of hydrogen-bond donors (Lipinski definition) is 1. The zero-order valence-electron chi connectivity index (χ0n) is 10.4. The summed E-state index contributed by atoms with van der Waals surface area (Å²) in [4.78, 5) is 2.44. The third-order valence-corrected chi connectivity index (χ3v) is 3.86. The molecule has 0 aromatic rings. The minimum Gasteiger partial charge on any atom is -0.314 e. The van der Waals surface area contributed by atoms with E-state index >= 15 is 0 Å². The standard InChI is InChI=1S/C11H24N2O2S/c1-3-13(10-11-4-5-11)8-6-12-7-9-16(2,14)15/h11-12H,3-10H2,1-2H3. The molecule has 0 bridgehead atoms. The average molecular weight is 248 g/mol. The summed E-state index contributed by atoms with van der Waals surface area (Å²) in [6, 6.07) is 0. The van der Waals surface area contributed by atoms with Crippen molar-refractivity contribution in [2.75, 3.05) is 44.7 Å². The van der Waals surface area contributed by atoms with Crippen molar-refractivity contribution in [3.8, 4) is 0 Å². The molecule has 0 aromatic carbocycles. The monoisotopic (exact) mass is 248 g/mol. The highest BCUT2D eigenvalue weighted by Gasteiger charge is 2.23. The molecule has 4 nitrogen and oxygen atoms in total. The van der Waals surface area contributed by atoms with Gasteiger partial charge in [-0.15, -0.1) is 0 Å². The molecule has 0 aliphatic heterocycles. The quantitative estimate of drug-likeness (QED) is 0.598. The van der Waals surface area contributed by atoms with Crippen LogP contribution in [0.25, 0.3) is 0 Å². The van der Waals surface area contributed by atoms with Crippen LogP contribution >= 0.6 is 0 Å². The van der Waals surface area contributed by atoms with Crippen LogP contribution in [0.3, 0.4) is 0 Å². The van der Waals surface area contributed by atoms with Gasteiger partial charge in [-0.05, 0) is 25.3 Å². The zero-order valence-corrected chi connectivity index (χ0v) is 11.2. The van der Waals surface area contributed by atoms with Crippen molar-refractivity contribution >= 4 is 9.84 Å². The van der Waals surface area contributed by atoms with Gasteiger partial charge in [0.2, 0.25) is 0 Å². The van der Waals surface area contributed by atoms with E-state index in [2.05, 4.69) is 17.1 Å². The Bertz CT molecular complexity index is 286. The molecule has 1 fully saturated rings. The van der Waals surface area contributed by atoms with Crippen molar-refractivity contribution in [3.63, 3.8) is 0 Å². The van der Waals surface area contributed by atoms with Crippen LogP contribution in [0.15, 0.2) is 0 Å². The van der Waals surface area contributed by atoms with Gasteiger partial charge in [-0.3, -0.25) is 0 Å². The summed E-state index contributed by atoms with van der Waals surface area (Å²) in [5, 5.41) is 3.18. The second kappa shape index (κ2) is 6.57. The maximum atomic E-state index is 10.9. The lowest BCUT2D eigenvalue weighted by molar-refractivity contribution is 0.277. The van der Waals surface area contributed by atoms with E-state index in [1.54, 1.807) is 0 Å². The Morgan fingerprint density at radius 3 is 2.50 bits per heavy atom. The molecule has 1 aliphatic carbocycles. The Kier molecular flexibility index (Phi) is 5.72. The predicted molar refractivity (Wildman–Crippen MR) is 67.4 cm³/mol. The van der Waals surface area contributed by atoms with Gasteiger partial charge in [0, 0.05) is 32.4 Å². The number of hydrogen-bond acceptors (Lipinski definition) is 4. The third kappa shape index (κ3) is 7.19. The molecule has 0 radical (unpaired) electrons. The molecule has 96 valence electrons. The zero-order chi connectivity index (χ0) is 12.0. The second-order valence-electron chi connectivity index (χ2n) is 4.72. The van der Waals surface area contributed by atoms with Crippen molar-refractivity contribution in [2.45, 2.75) is 19.8 Å². The van der Waals surface area contributed by atoms with Gasteiger partial charge >= 0.3 is 0 Å². The number of nitrogens with one attached hydrogen (secondary N) is 1. The molecule has 0 atom stereocenters. The highest BCUT2D eigenvalue weighted by atomic mass is 32.2. The Morgan fingerprint density at radius 2 is 2.00 bits per heavy atom. The summed E-state index contributed by atoms with van der Waals surface area (Å²) < 4.78 is 21.8. The van der Waals surface area contributed by atoms with Gasteiger partial charge in [-0.25, -0.2) is 8.42 Å². The fourth-order valence-electron chi connectivity index (χ4n) is 1.66. The van der Waals surface area contributed by atoms with E-state index in [4.69, 9.17) is 0 Å². The predicted octanol–water partition coefficient (Wildman–Crippen LogP) is 0.353. The van der Waals surface area contributed by atoms with E-state index in [0.29, 0.717) is 6.54 Å². The smallest absolute Gasteiger partial charge is 0.148 e. The Morgan fingerprint density at radius 1 is 1.31 bits per heavy atom. The molecule has 0 heterocycles. The van der Waals surface area contributed by atoms with E-state index in [0.717, 1.165) is 25.6 Å². The Balaban J connectivity index is 1.99. The summed E-state index contributed by atoms with van der Waals surface area (Å²) in [7, 11) is -2.82. The first kappa shape index (κ1) is 13.9. The van der Waals surface area contributed by atoms with Crippen molar-refractivity contribution in [1.82, 2.24) is 10.2 Å². The van der Waals surface area contributed by atoms with Gasteiger partial charge in [0.05, 0.1) is 5.75 Å². The first-order valence-electron chi connectivity index (χ1n) is 6.12. The number of likely N-dealkylation sites (N-methyl/N-ethyl adjacent to an activating group) is 1. The number of sulfone groups is 1. The molecule has 1 rings (SSSR count). The molecular weight excluding hydrogens is 224 g/mol. The van der Waals surface area contributed by atoms with Crippen LogP contribution in [-0.2, 0) is 9.84 Å². The van der Waals surface area contributed by atoms with Crippen LogP contribution in [0.4, 0.5) is 0 Å². The van der Waals surface area contributed by atoms with Crippen LogP contribution in [0.1, 0.15) is 19.8 Å². The molecule has 0 aromatic heterocycles. The van der Waals surface area contributed by atoms with Crippen molar-refractivity contribution < 1.29 is 8.42 Å². The SMILES string of the molecule is CCN(CCNCCS(C)(=O)=O)CC1CC1. The molecule has 0 spiro atoms. The minimum absolute atomic E-state index is 0.238. The van der Waals surface area contributed by atoms with Crippen LogP contribution in [0, 0.1) is 5.92 Å². The molecule has 0 saturated heterocycles. The van der Waals surface area contributed by atoms with E-state index in [9.17, 15) is 8.42 Å². The van der Waals surface area contributed by atoms with Crippen LogP contribution in [-0.4, -0.2) is 58.1 Å². The Labute approximate surface area is 99.3 Å². The highest BCUT2D eigenvalue weighted by Crippen LogP contribution is 2.29. The van der Waals surface area contributed by atoms with E-state index in [1.165, 1.54) is 25.6 Å². The molecular formula is C11H24N2O2S. The van der Waals surface area contributed by atoms with Crippen molar-refractivity contribution in [3.05, 3.63) is 0 Å². The summed E-state index contributed by atoms with van der Waals surface area (Å²) in [5.74, 6) is 1.16. The maximum Gasteiger partial charge on any atom is 0.148 e. The molecule has 16 heavy (non-hydrogen) atoms. The normalized spacial score (nSPS) is 16.9. The molecule has 1 N–H and O–H groups in total. The third-order valence-electron chi connectivity index (χ3n) is 2.91. The van der Waals surface area contributed by atoms with Crippen LogP contribution in [0.2, 0.25) is 0 Å². The van der Waals surface area contributed by atoms with Crippen molar-refractivity contribution in [2.24, 2.45) is 5.92 Å². The minimum atomic E-state index is -2.82. The van der Waals surface area contributed by atoms with Gasteiger partial charge in [0.15, 0.2) is 0 Å². The molecule has 5 heteroatoms. The van der Waals surface area contributed by atoms with Crippen LogP contribution < -0.4 is 5.32 Å². The highest BCUT2D eigenvalue weighted by molar-refractivity contribution is 7.90. The van der Waals surface area contributed by atoms with E-state index in [-0.39, 0.29) is 5.75 Å². The maximum absolute atomic E-state index is 10.9. The van der Waals surface area contributed by atoms with E-state index in [1.807, 2.05) is 0 Å². The van der Waals surface area contributed by atoms with Gasteiger partial charge in [0.1, 0.15) is 9.84 Å². The summed E-state index contributed by atoms with van der Waals surface area (Å²) >= 11 is 0. The lowest BCUT2D eigenvalue weighted by atomic mass is 10.3. The summed E-state index contributed by atoms with van der Waals surface area (Å²) in [5.41, 5.74) is 0. The molecule has 0 unspecified atom stereocenters. The van der Waals surface area contributed by atoms with Gasteiger partial charge in [-0.1, -0.05) is 6.92 Å². The summed E-state index contributed by atoms with van der Waals surface area (Å²) in [6.07, 6.45) is 4.05. The first-order chi connectivity index (χ1) is 7.51. The fourth-order valence-corrected chi connectivity index (χ4v) is 2.18. The first-order valence-corrected chi connectivity index (χ1v) is 8.18. The van der Waals surface area contributed by atoms with Gasteiger partial charge in [-0.2, -0.15) is 0 Å². The Hall–Kier alpha value is -0.130. The van der Waals surface area contributed by atoms with Gasteiger partial charge in [0.25, 0.3) is 0 Å². The number of rotatable bonds is 9. The molecule has 1 aliphatic rings.